The van der Waals surface area contributed by atoms with E-state index in [-0.39, 0.29) is 6.04 Å². The molecule has 2 aliphatic heterocycles. The molecule has 1 aromatic carbocycles. The molecule has 4 aliphatic rings. The first-order valence-electron chi connectivity index (χ1n) is 10.6. The van der Waals surface area contributed by atoms with Crippen molar-refractivity contribution >= 4 is 11.9 Å². The van der Waals surface area contributed by atoms with Gasteiger partial charge in [0.05, 0.1) is 18.1 Å². The fourth-order valence-corrected chi connectivity index (χ4v) is 6.08. The van der Waals surface area contributed by atoms with Crippen molar-refractivity contribution in [1.82, 2.24) is 4.90 Å². The van der Waals surface area contributed by atoms with E-state index in [1.54, 1.807) is 13.2 Å². The highest BCUT2D eigenvalue weighted by atomic mass is 16.6. The Morgan fingerprint density at radius 3 is 2.84 bits per heavy atom. The molecule has 8 heteroatoms. The van der Waals surface area contributed by atoms with Gasteiger partial charge >= 0.3 is 11.9 Å². The molecule has 166 valence electrons. The number of aliphatic hydroxyl groups is 1. The summed E-state index contributed by atoms with van der Waals surface area (Å²) < 4.78 is 22.6. The Hall–Kier alpha value is -2.58. The molecule has 0 radical (unpaired) electrons. The summed E-state index contributed by atoms with van der Waals surface area (Å²) in [4.78, 5) is 26.0. The summed E-state index contributed by atoms with van der Waals surface area (Å²) in [6.45, 7) is 3.50. The predicted octanol–water partition coefficient (Wildman–Crippen LogP) is 1.47. The summed E-state index contributed by atoms with van der Waals surface area (Å²) in [6.07, 6.45) is 1.74. The normalized spacial score (nSPS) is 33.5. The van der Waals surface area contributed by atoms with Gasteiger partial charge in [-0.15, -0.1) is 0 Å². The highest BCUT2D eigenvalue weighted by Gasteiger charge is 2.72. The molecule has 0 amide bonds. The van der Waals surface area contributed by atoms with E-state index >= 15 is 0 Å². The third kappa shape index (κ3) is 2.55. The fraction of sp³-hybridized carbons (Fsp3) is 0.565. The van der Waals surface area contributed by atoms with E-state index in [1.807, 2.05) is 19.2 Å². The van der Waals surface area contributed by atoms with E-state index in [2.05, 4.69) is 4.90 Å². The maximum atomic E-state index is 12.6. The Kier molecular flexibility index (Phi) is 4.40. The number of likely N-dealkylation sites (tertiary alicyclic amines) is 1. The average Bonchev–Trinajstić information content (AvgIpc) is 3.07. The number of methoxy groups -OCH3 is 1. The SMILES string of the molecule is COc1ccc2c3c1O[C@H]1C(OC(=O)[C@H](C)OC(C)=O)=CC[C@]4(O)C(C2)N(C)CC[C@]314. The van der Waals surface area contributed by atoms with Crippen LogP contribution < -0.4 is 9.47 Å². The van der Waals surface area contributed by atoms with Gasteiger partial charge in [-0.25, -0.2) is 4.79 Å². The lowest BCUT2D eigenvalue weighted by molar-refractivity contribution is -0.175. The van der Waals surface area contributed by atoms with Crippen LogP contribution in [0.25, 0.3) is 0 Å². The molecule has 1 unspecified atom stereocenters. The van der Waals surface area contributed by atoms with Gasteiger partial charge in [-0.2, -0.15) is 0 Å². The highest BCUT2D eigenvalue weighted by molar-refractivity contribution is 5.79. The standard InChI is InChI=1S/C23H27NO7/c1-12(29-13(2)25)21(26)30-16-7-8-23(27)17-11-14-5-6-15(28-4)19-18(14)22(23,20(16)31-19)9-10-24(17)3/h5-7,12,17,20,27H,8-11H2,1-4H3/t12-,17?,20-,22-,23-/m0/s1. The Morgan fingerprint density at radius 2 is 2.13 bits per heavy atom. The molecule has 1 aromatic rings. The molecule has 1 spiro atoms. The minimum absolute atomic E-state index is 0.0762. The number of nitrogens with zero attached hydrogens (tertiary/aromatic N) is 1. The third-order valence-corrected chi connectivity index (χ3v) is 7.45. The van der Waals surface area contributed by atoms with Gasteiger partial charge < -0.3 is 29.0 Å². The van der Waals surface area contributed by atoms with Crippen LogP contribution in [0.15, 0.2) is 24.0 Å². The maximum absolute atomic E-state index is 12.6. The van der Waals surface area contributed by atoms with Crippen LogP contribution in [0.5, 0.6) is 11.5 Å². The molecule has 2 aliphatic carbocycles. The first-order valence-corrected chi connectivity index (χ1v) is 10.6. The van der Waals surface area contributed by atoms with Gasteiger partial charge in [0.1, 0.15) is 5.76 Å². The zero-order valence-corrected chi connectivity index (χ0v) is 18.1. The number of rotatable bonds is 4. The summed E-state index contributed by atoms with van der Waals surface area (Å²) >= 11 is 0. The van der Waals surface area contributed by atoms with E-state index in [0.717, 1.165) is 17.7 Å². The van der Waals surface area contributed by atoms with Crippen LogP contribution in [0.2, 0.25) is 0 Å². The number of piperidine rings is 1. The number of hydrogen-bond acceptors (Lipinski definition) is 8. The van der Waals surface area contributed by atoms with Crippen LogP contribution >= 0.6 is 0 Å². The summed E-state index contributed by atoms with van der Waals surface area (Å²) in [7, 11) is 3.63. The monoisotopic (exact) mass is 429 g/mol. The van der Waals surface area contributed by atoms with Crippen molar-refractivity contribution in [3.05, 3.63) is 35.1 Å². The molecule has 1 N–H and O–H groups in total. The van der Waals surface area contributed by atoms with Gasteiger partial charge in [0.2, 0.25) is 0 Å². The van der Waals surface area contributed by atoms with E-state index in [0.29, 0.717) is 36.5 Å². The van der Waals surface area contributed by atoms with Gasteiger partial charge in [-0.05, 0) is 51.1 Å². The third-order valence-electron chi connectivity index (χ3n) is 7.45. The zero-order chi connectivity index (χ0) is 22.1. The molecule has 2 heterocycles. The second kappa shape index (κ2) is 6.71. The van der Waals surface area contributed by atoms with Crippen molar-refractivity contribution in [3.8, 4) is 11.5 Å². The molecule has 8 nitrogen and oxygen atoms in total. The molecule has 2 bridgehead atoms. The average molecular weight is 429 g/mol. The van der Waals surface area contributed by atoms with Gasteiger partial charge in [-0.3, -0.25) is 4.79 Å². The van der Waals surface area contributed by atoms with Gasteiger partial charge in [0.25, 0.3) is 0 Å². The van der Waals surface area contributed by atoms with Gasteiger partial charge in [0.15, 0.2) is 23.7 Å². The zero-order valence-electron chi connectivity index (χ0n) is 18.1. The van der Waals surface area contributed by atoms with Crippen molar-refractivity contribution in [2.75, 3.05) is 20.7 Å². The maximum Gasteiger partial charge on any atom is 0.352 e. The lowest BCUT2D eigenvalue weighted by Crippen LogP contribution is -2.74. The smallest absolute Gasteiger partial charge is 0.352 e. The molecular formula is C23H27NO7. The Labute approximate surface area is 180 Å². The quantitative estimate of drug-likeness (QED) is 0.719. The largest absolute Gasteiger partial charge is 0.493 e. The molecule has 0 aromatic heterocycles. The number of hydrogen-bond donors (Lipinski definition) is 1. The van der Waals surface area contributed by atoms with Crippen molar-refractivity contribution in [1.29, 1.82) is 0 Å². The molecule has 1 fully saturated rings. The minimum Gasteiger partial charge on any atom is -0.493 e. The second-order valence-electron chi connectivity index (χ2n) is 8.96. The van der Waals surface area contributed by atoms with Crippen molar-refractivity contribution < 1.29 is 33.6 Å². The van der Waals surface area contributed by atoms with Crippen molar-refractivity contribution in [2.45, 2.75) is 62.4 Å². The predicted molar refractivity (Wildman–Crippen MR) is 109 cm³/mol. The Balaban J connectivity index is 1.61. The number of carbonyl (C=O) groups is 2. The van der Waals surface area contributed by atoms with E-state index in [1.165, 1.54) is 13.8 Å². The summed E-state index contributed by atoms with van der Waals surface area (Å²) in [5, 5.41) is 12.1. The molecule has 0 saturated carbocycles. The molecule has 31 heavy (non-hydrogen) atoms. The van der Waals surface area contributed by atoms with Crippen molar-refractivity contribution in [2.24, 2.45) is 0 Å². The second-order valence-corrected chi connectivity index (χ2v) is 8.96. The number of esters is 2. The number of likely N-dealkylation sites (N-methyl/N-ethyl adjacent to an activating group) is 1. The molecule has 5 rings (SSSR count). The number of carbonyl (C=O) groups excluding carboxylic acids is 2. The highest BCUT2D eigenvalue weighted by Crippen LogP contribution is 2.65. The van der Waals surface area contributed by atoms with Crippen molar-refractivity contribution in [3.63, 3.8) is 0 Å². The molecular weight excluding hydrogens is 402 g/mol. The lowest BCUT2D eigenvalue weighted by Gasteiger charge is -2.61. The van der Waals surface area contributed by atoms with Crippen LogP contribution in [-0.2, 0) is 30.9 Å². The summed E-state index contributed by atoms with van der Waals surface area (Å²) in [5.74, 6) is 0.335. The fourth-order valence-electron chi connectivity index (χ4n) is 6.08. The van der Waals surface area contributed by atoms with Crippen LogP contribution in [0, 0.1) is 0 Å². The molecule has 5 atom stereocenters. The first kappa shape index (κ1) is 20.3. The summed E-state index contributed by atoms with van der Waals surface area (Å²) in [5.41, 5.74) is 0.294. The van der Waals surface area contributed by atoms with Crippen LogP contribution in [0.1, 0.15) is 37.8 Å². The topological polar surface area (TPSA) is 94.5 Å². The number of ether oxygens (including phenoxy) is 4. The van der Waals surface area contributed by atoms with Gasteiger partial charge in [0, 0.05) is 24.9 Å². The van der Waals surface area contributed by atoms with E-state index in [4.69, 9.17) is 18.9 Å². The van der Waals surface area contributed by atoms with Crippen LogP contribution in [0.3, 0.4) is 0 Å². The number of benzene rings is 1. The van der Waals surface area contributed by atoms with Gasteiger partial charge in [-0.1, -0.05) is 6.07 Å². The first-order chi connectivity index (χ1) is 14.7. The Bertz CT molecular complexity index is 1000. The lowest BCUT2D eigenvalue weighted by atomic mass is 9.50. The van der Waals surface area contributed by atoms with E-state index < -0.39 is 35.2 Å². The summed E-state index contributed by atoms with van der Waals surface area (Å²) in [6, 6.07) is 3.86. The van der Waals surface area contributed by atoms with Crippen LogP contribution in [0.4, 0.5) is 0 Å². The minimum atomic E-state index is -1.06. The van der Waals surface area contributed by atoms with E-state index in [9.17, 15) is 14.7 Å². The Morgan fingerprint density at radius 1 is 1.35 bits per heavy atom. The van der Waals surface area contributed by atoms with Crippen LogP contribution in [-0.4, -0.2) is 66.5 Å². The molecule has 1 saturated heterocycles.